The van der Waals surface area contributed by atoms with Gasteiger partial charge >= 0.3 is 0 Å². The van der Waals surface area contributed by atoms with Gasteiger partial charge in [0, 0.05) is 12.1 Å². The molecular formula is C11H13F4NO. The van der Waals surface area contributed by atoms with Crippen molar-refractivity contribution in [1.82, 2.24) is 0 Å². The van der Waals surface area contributed by atoms with Crippen LogP contribution in [0.3, 0.4) is 0 Å². The van der Waals surface area contributed by atoms with Crippen LogP contribution in [0.25, 0.3) is 0 Å². The van der Waals surface area contributed by atoms with Crippen LogP contribution in [-0.4, -0.2) is 6.61 Å². The van der Waals surface area contributed by atoms with E-state index in [9.17, 15) is 17.6 Å². The van der Waals surface area contributed by atoms with Crippen molar-refractivity contribution < 1.29 is 22.3 Å². The molecule has 96 valence electrons. The molecule has 0 aliphatic carbocycles. The van der Waals surface area contributed by atoms with Crippen LogP contribution in [0.4, 0.5) is 17.6 Å². The van der Waals surface area contributed by atoms with E-state index in [0.29, 0.717) is 0 Å². The van der Waals surface area contributed by atoms with Crippen molar-refractivity contribution in [2.75, 3.05) is 6.61 Å². The fourth-order valence-electron chi connectivity index (χ4n) is 1.21. The number of rotatable bonds is 4. The van der Waals surface area contributed by atoms with E-state index < -0.39 is 41.1 Å². The Hall–Kier alpha value is -1.30. The summed E-state index contributed by atoms with van der Waals surface area (Å²) in [5.41, 5.74) is 4.19. The third-order valence-corrected chi connectivity index (χ3v) is 2.08. The SMILES string of the molecule is CC(C)COc1c(F)c(F)c(CN)c(F)c1F. The zero-order valence-corrected chi connectivity index (χ0v) is 9.49. The first-order valence-corrected chi connectivity index (χ1v) is 5.07. The molecule has 0 saturated carbocycles. The third-order valence-electron chi connectivity index (χ3n) is 2.08. The first kappa shape index (κ1) is 13.8. The second kappa shape index (κ2) is 5.35. The van der Waals surface area contributed by atoms with Crippen molar-refractivity contribution in [1.29, 1.82) is 0 Å². The summed E-state index contributed by atoms with van der Waals surface area (Å²) in [6, 6.07) is 0. The van der Waals surface area contributed by atoms with Gasteiger partial charge in [-0.3, -0.25) is 0 Å². The molecule has 0 amide bonds. The number of hydrogen-bond acceptors (Lipinski definition) is 2. The maximum atomic E-state index is 13.4. The van der Waals surface area contributed by atoms with Gasteiger partial charge in [0.25, 0.3) is 0 Å². The van der Waals surface area contributed by atoms with E-state index in [1.165, 1.54) is 0 Å². The lowest BCUT2D eigenvalue weighted by Gasteiger charge is -2.13. The lowest BCUT2D eigenvalue weighted by atomic mass is 10.1. The summed E-state index contributed by atoms with van der Waals surface area (Å²) in [7, 11) is 0. The summed E-state index contributed by atoms with van der Waals surface area (Å²) in [5, 5.41) is 0. The number of halogens is 4. The Balaban J connectivity index is 3.23. The van der Waals surface area contributed by atoms with E-state index in [1.807, 2.05) is 0 Å². The van der Waals surface area contributed by atoms with Gasteiger partial charge in [0.15, 0.2) is 17.4 Å². The molecule has 0 aromatic heterocycles. The Bertz CT molecular complexity index is 391. The predicted octanol–water partition coefficient (Wildman–Crippen LogP) is 2.74. The zero-order valence-electron chi connectivity index (χ0n) is 9.49. The van der Waals surface area contributed by atoms with Crippen molar-refractivity contribution in [2.24, 2.45) is 11.7 Å². The highest BCUT2D eigenvalue weighted by atomic mass is 19.2. The standard InChI is InChI=1S/C11H13F4NO/c1-5(2)4-17-11-9(14)7(12)6(3-16)8(13)10(11)15/h5H,3-4,16H2,1-2H3. The van der Waals surface area contributed by atoms with Gasteiger partial charge in [0.2, 0.25) is 11.6 Å². The quantitative estimate of drug-likeness (QED) is 0.659. The van der Waals surface area contributed by atoms with Crippen molar-refractivity contribution in [3.63, 3.8) is 0 Å². The molecule has 2 N–H and O–H groups in total. The molecule has 0 spiro atoms. The summed E-state index contributed by atoms with van der Waals surface area (Å²) in [6.07, 6.45) is 0. The molecule has 0 aliphatic rings. The van der Waals surface area contributed by atoms with Crippen LogP contribution in [-0.2, 0) is 6.54 Å². The summed E-state index contributed by atoms with van der Waals surface area (Å²) >= 11 is 0. The second-order valence-corrected chi connectivity index (χ2v) is 3.97. The van der Waals surface area contributed by atoms with E-state index in [4.69, 9.17) is 10.5 Å². The van der Waals surface area contributed by atoms with Crippen molar-refractivity contribution in [2.45, 2.75) is 20.4 Å². The number of nitrogens with two attached hydrogens (primary N) is 1. The molecule has 1 rings (SSSR count). The molecule has 2 nitrogen and oxygen atoms in total. The Morgan fingerprint density at radius 2 is 1.47 bits per heavy atom. The number of ether oxygens (including phenoxy) is 1. The summed E-state index contributed by atoms with van der Waals surface area (Å²) in [4.78, 5) is 0. The van der Waals surface area contributed by atoms with Crippen LogP contribution in [0, 0.1) is 29.2 Å². The largest absolute Gasteiger partial charge is 0.487 e. The highest BCUT2D eigenvalue weighted by Gasteiger charge is 2.25. The minimum atomic E-state index is -1.55. The first-order chi connectivity index (χ1) is 7.90. The average Bonchev–Trinajstić information content (AvgIpc) is 2.27. The molecule has 0 unspecified atom stereocenters. The molecule has 0 aliphatic heterocycles. The van der Waals surface area contributed by atoms with Crippen LogP contribution in [0.2, 0.25) is 0 Å². The van der Waals surface area contributed by atoms with Crippen LogP contribution < -0.4 is 10.5 Å². The van der Waals surface area contributed by atoms with E-state index in [0.717, 1.165) is 0 Å². The van der Waals surface area contributed by atoms with Gasteiger partial charge in [-0.25, -0.2) is 8.78 Å². The van der Waals surface area contributed by atoms with Crippen LogP contribution in [0.1, 0.15) is 19.4 Å². The summed E-state index contributed by atoms with van der Waals surface area (Å²) < 4.78 is 58.0. The van der Waals surface area contributed by atoms with Crippen molar-refractivity contribution in [3.05, 3.63) is 28.8 Å². The Morgan fingerprint density at radius 3 is 1.82 bits per heavy atom. The lowest BCUT2D eigenvalue weighted by molar-refractivity contribution is 0.237. The summed E-state index contributed by atoms with van der Waals surface area (Å²) in [5.74, 6) is -7.19. The fraction of sp³-hybridized carbons (Fsp3) is 0.455. The first-order valence-electron chi connectivity index (χ1n) is 5.07. The van der Waals surface area contributed by atoms with Crippen LogP contribution in [0.5, 0.6) is 5.75 Å². The smallest absolute Gasteiger partial charge is 0.204 e. The molecule has 0 fully saturated rings. The molecule has 17 heavy (non-hydrogen) atoms. The summed E-state index contributed by atoms with van der Waals surface area (Å²) in [6.45, 7) is 2.79. The molecule has 0 heterocycles. The lowest BCUT2D eigenvalue weighted by Crippen LogP contribution is -2.13. The average molecular weight is 251 g/mol. The Morgan fingerprint density at radius 1 is 1.00 bits per heavy atom. The maximum Gasteiger partial charge on any atom is 0.204 e. The van der Waals surface area contributed by atoms with Gasteiger partial charge in [0.05, 0.1) is 6.61 Å². The van der Waals surface area contributed by atoms with E-state index in [1.54, 1.807) is 13.8 Å². The van der Waals surface area contributed by atoms with Gasteiger partial charge < -0.3 is 10.5 Å². The van der Waals surface area contributed by atoms with Gasteiger partial charge in [0.1, 0.15) is 0 Å². The molecule has 1 aromatic rings. The van der Waals surface area contributed by atoms with Gasteiger partial charge in [-0.2, -0.15) is 8.78 Å². The molecule has 0 atom stereocenters. The van der Waals surface area contributed by atoms with Gasteiger partial charge in [-0.15, -0.1) is 0 Å². The highest BCUT2D eigenvalue weighted by molar-refractivity contribution is 5.34. The normalized spacial score (nSPS) is 11.1. The molecular weight excluding hydrogens is 238 g/mol. The molecule has 1 aromatic carbocycles. The van der Waals surface area contributed by atoms with Crippen LogP contribution >= 0.6 is 0 Å². The molecule has 0 radical (unpaired) electrons. The van der Waals surface area contributed by atoms with Crippen molar-refractivity contribution in [3.8, 4) is 5.75 Å². The van der Waals surface area contributed by atoms with Crippen LogP contribution in [0.15, 0.2) is 0 Å². The van der Waals surface area contributed by atoms with Crippen molar-refractivity contribution >= 4 is 0 Å². The topological polar surface area (TPSA) is 35.2 Å². The fourth-order valence-corrected chi connectivity index (χ4v) is 1.21. The predicted molar refractivity (Wildman–Crippen MR) is 54.5 cm³/mol. The number of hydrogen-bond donors (Lipinski definition) is 1. The minimum absolute atomic E-state index is 0.0332. The maximum absolute atomic E-state index is 13.4. The van der Waals surface area contributed by atoms with Gasteiger partial charge in [-0.1, -0.05) is 13.8 Å². The monoisotopic (exact) mass is 251 g/mol. The van der Waals surface area contributed by atoms with E-state index >= 15 is 0 Å². The second-order valence-electron chi connectivity index (χ2n) is 3.97. The highest BCUT2D eigenvalue weighted by Crippen LogP contribution is 2.30. The Kier molecular flexibility index (Phi) is 4.34. The zero-order chi connectivity index (χ0) is 13.2. The minimum Gasteiger partial charge on any atom is -0.487 e. The van der Waals surface area contributed by atoms with E-state index in [-0.39, 0.29) is 12.5 Å². The number of benzene rings is 1. The third kappa shape index (κ3) is 2.69. The van der Waals surface area contributed by atoms with Gasteiger partial charge in [-0.05, 0) is 5.92 Å². The van der Waals surface area contributed by atoms with E-state index in [2.05, 4.69) is 0 Å². The molecule has 0 bridgehead atoms. The molecule has 0 saturated heterocycles. The Labute approximate surface area is 96.4 Å². The molecule has 6 heteroatoms.